The van der Waals surface area contributed by atoms with Crippen molar-refractivity contribution < 1.29 is 13.2 Å². The zero-order valence-electron chi connectivity index (χ0n) is 11.7. The highest BCUT2D eigenvalue weighted by molar-refractivity contribution is 7.92. The van der Waals surface area contributed by atoms with E-state index in [4.69, 9.17) is 22.1 Å². The van der Waals surface area contributed by atoms with Crippen LogP contribution in [0.1, 0.15) is 25.3 Å². The summed E-state index contributed by atoms with van der Waals surface area (Å²) in [5.41, 5.74) is 6.33. The molecule has 0 unspecified atom stereocenters. The molecule has 1 fully saturated rings. The zero-order valence-corrected chi connectivity index (χ0v) is 13.2. The minimum atomic E-state index is -3.22. The standard InChI is InChI=1S/C14H20ClNO3S/c1-3-19-9-14(16)12(13(14)20(17,18)4-2)10-6-5-7-11(15)8-10/h5-8,12-13H,3-4,9,16H2,1-2H3/t12-,13-,14+/m1/s1. The highest BCUT2D eigenvalue weighted by atomic mass is 35.5. The Labute approximate surface area is 125 Å². The number of benzene rings is 1. The van der Waals surface area contributed by atoms with E-state index in [1.54, 1.807) is 19.1 Å². The van der Waals surface area contributed by atoms with Crippen molar-refractivity contribution >= 4 is 21.4 Å². The lowest BCUT2D eigenvalue weighted by molar-refractivity contribution is 0.125. The molecule has 0 saturated heterocycles. The van der Waals surface area contributed by atoms with Gasteiger partial charge >= 0.3 is 0 Å². The molecule has 112 valence electrons. The summed E-state index contributed by atoms with van der Waals surface area (Å²) in [4.78, 5) is 0. The van der Waals surface area contributed by atoms with Crippen LogP contribution in [0.5, 0.6) is 0 Å². The minimum absolute atomic E-state index is 0.0831. The summed E-state index contributed by atoms with van der Waals surface area (Å²) in [5, 5.41) is -0.00850. The Bertz CT molecular complexity index is 590. The highest BCUT2D eigenvalue weighted by Crippen LogP contribution is 2.54. The molecule has 4 nitrogen and oxygen atoms in total. The summed E-state index contributed by atoms with van der Waals surface area (Å²) in [6.07, 6.45) is 0. The van der Waals surface area contributed by atoms with Crippen molar-refractivity contribution in [1.29, 1.82) is 0 Å². The number of halogens is 1. The fraction of sp³-hybridized carbons (Fsp3) is 0.571. The van der Waals surface area contributed by atoms with Crippen molar-refractivity contribution in [2.45, 2.75) is 30.6 Å². The zero-order chi connectivity index (χ0) is 15.0. The van der Waals surface area contributed by atoms with Gasteiger partial charge in [-0.25, -0.2) is 8.42 Å². The van der Waals surface area contributed by atoms with Crippen molar-refractivity contribution in [2.24, 2.45) is 5.73 Å². The summed E-state index contributed by atoms with van der Waals surface area (Å²) < 4.78 is 29.9. The van der Waals surface area contributed by atoms with Crippen LogP contribution in [0.4, 0.5) is 0 Å². The van der Waals surface area contributed by atoms with E-state index in [2.05, 4.69) is 0 Å². The molecule has 1 aromatic carbocycles. The lowest BCUT2D eigenvalue weighted by Gasteiger charge is -2.12. The minimum Gasteiger partial charge on any atom is -0.380 e. The van der Waals surface area contributed by atoms with E-state index in [0.29, 0.717) is 11.6 Å². The van der Waals surface area contributed by atoms with Crippen LogP contribution in [0.2, 0.25) is 5.02 Å². The van der Waals surface area contributed by atoms with Crippen LogP contribution in [0, 0.1) is 0 Å². The average Bonchev–Trinajstić information content (AvgIpc) is 3.04. The van der Waals surface area contributed by atoms with Gasteiger partial charge in [-0.2, -0.15) is 0 Å². The Morgan fingerprint density at radius 1 is 1.40 bits per heavy atom. The Morgan fingerprint density at radius 3 is 2.65 bits per heavy atom. The molecule has 20 heavy (non-hydrogen) atoms. The van der Waals surface area contributed by atoms with E-state index in [1.807, 2.05) is 19.1 Å². The van der Waals surface area contributed by atoms with Gasteiger partial charge in [0, 0.05) is 23.3 Å². The van der Waals surface area contributed by atoms with E-state index < -0.39 is 20.6 Å². The summed E-state index contributed by atoms with van der Waals surface area (Å²) in [6.45, 7) is 4.26. The second-order valence-corrected chi connectivity index (χ2v) is 8.00. The average molecular weight is 318 g/mol. The lowest BCUT2D eigenvalue weighted by Crippen LogP contribution is -2.36. The van der Waals surface area contributed by atoms with Crippen molar-refractivity contribution in [2.75, 3.05) is 19.0 Å². The molecule has 0 spiro atoms. The van der Waals surface area contributed by atoms with E-state index in [-0.39, 0.29) is 18.3 Å². The maximum absolute atomic E-state index is 12.2. The van der Waals surface area contributed by atoms with Crippen LogP contribution in [-0.2, 0) is 14.6 Å². The van der Waals surface area contributed by atoms with Gasteiger partial charge in [-0.05, 0) is 24.6 Å². The molecule has 6 heteroatoms. The Morgan fingerprint density at radius 2 is 2.10 bits per heavy atom. The molecule has 3 atom stereocenters. The highest BCUT2D eigenvalue weighted by Gasteiger charge is 2.68. The molecule has 0 bridgehead atoms. The van der Waals surface area contributed by atoms with Crippen LogP contribution in [0.3, 0.4) is 0 Å². The SMILES string of the molecule is CCOC[C@]1(N)[C@H](c2cccc(Cl)c2)[C@H]1S(=O)(=O)CC. The molecular formula is C14H20ClNO3S. The summed E-state index contributed by atoms with van der Waals surface area (Å²) in [6, 6.07) is 7.23. The predicted molar refractivity (Wildman–Crippen MR) is 80.9 cm³/mol. The maximum atomic E-state index is 12.2. The molecule has 1 saturated carbocycles. The fourth-order valence-corrected chi connectivity index (χ4v) is 4.97. The quantitative estimate of drug-likeness (QED) is 0.871. The number of hydrogen-bond acceptors (Lipinski definition) is 4. The third-order valence-electron chi connectivity index (χ3n) is 3.86. The van der Waals surface area contributed by atoms with Crippen molar-refractivity contribution in [3.63, 3.8) is 0 Å². The van der Waals surface area contributed by atoms with Crippen LogP contribution in [0.15, 0.2) is 24.3 Å². The first-order valence-corrected chi connectivity index (χ1v) is 8.79. The van der Waals surface area contributed by atoms with E-state index >= 15 is 0 Å². The second-order valence-electron chi connectivity index (χ2n) is 5.15. The first kappa shape index (κ1) is 15.8. The molecule has 2 N–H and O–H groups in total. The Hall–Kier alpha value is -0.620. The first-order valence-electron chi connectivity index (χ1n) is 6.70. The molecule has 0 aliphatic heterocycles. The van der Waals surface area contributed by atoms with Gasteiger partial charge in [0.15, 0.2) is 9.84 Å². The van der Waals surface area contributed by atoms with Gasteiger partial charge in [0.05, 0.1) is 17.4 Å². The molecule has 2 rings (SSSR count). The molecule has 1 aliphatic rings. The van der Waals surface area contributed by atoms with Crippen LogP contribution in [0.25, 0.3) is 0 Å². The molecule has 0 radical (unpaired) electrons. The molecule has 0 heterocycles. The van der Waals surface area contributed by atoms with E-state index in [1.165, 1.54) is 0 Å². The fourth-order valence-electron chi connectivity index (χ4n) is 2.78. The van der Waals surface area contributed by atoms with E-state index in [9.17, 15) is 8.42 Å². The third-order valence-corrected chi connectivity index (χ3v) is 6.38. The third kappa shape index (κ3) is 2.72. The molecule has 1 aliphatic carbocycles. The first-order chi connectivity index (χ1) is 9.36. The van der Waals surface area contributed by atoms with Gasteiger partial charge in [0.1, 0.15) is 0 Å². The van der Waals surface area contributed by atoms with Crippen LogP contribution >= 0.6 is 11.6 Å². The molecule has 1 aromatic rings. The summed E-state index contributed by atoms with van der Waals surface area (Å²) in [5.74, 6) is -0.169. The summed E-state index contributed by atoms with van der Waals surface area (Å²) >= 11 is 5.99. The number of sulfone groups is 1. The van der Waals surface area contributed by atoms with Gasteiger partial charge in [-0.15, -0.1) is 0 Å². The maximum Gasteiger partial charge on any atom is 0.155 e. The van der Waals surface area contributed by atoms with Gasteiger partial charge in [-0.1, -0.05) is 30.7 Å². The van der Waals surface area contributed by atoms with Gasteiger partial charge in [-0.3, -0.25) is 0 Å². The largest absolute Gasteiger partial charge is 0.380 e. The Balaban J connectivity index is 2.35. The van der Waals surface area contributed by atoms with E-state index in [0.717, 1.165) is 5.56 Å². The summed E-state index contributed by atoms with van der Waals surface area (Å²) in [7, 11) is -3.22. The number of nitrogens with two attached hydrogens (primary N) is 1. The van der Waals surface area contributed by atoms with Crippen molar-refractivity contribution in [3.05, 3.63) is 34.9 Å². The van der Waals surface area contributed by atoms with Gasteiger partial charge in [0.2, 0.25) is 0 Å². The predicted octanol–water partition coefficient (Wildman–Crippen LogP) is 1.97. The number of hydrogen-bond donors (Lipinski definition) is 1. The lowest BCUT2D eigenvalue weighted by atomic mass is 10.1. The normalized spacial score (nSPS) is 29.4. The monoisotopic (exact) mass is 317 g/mol. The smallest absolute Gasteiger partial charge is 0.155 e. The number of rotatable bonds is 6. The van der Waals surface area contributed by atoms with Gasteiger partial charge < -0.3 is 10.5 Å². The number of ether oxygens (including phenoxy) is 1. The molecule has 0 amide bonds. The van der Waals surface area contributed by atoms with Gasteiger partial charge in [0.25, 0.3) is 0 Å². The second kappa shape index (κ2) is 5.64. The molecule has 0 aromatic heterocycles. The van der Waals surface area contributed by atoms with Crippen molar-refractivity contribution in [3.8, 4) is 0 Å². The molecular weight excluding hydrogens is 298 g/mol. The van der Waals surface area contributed by atoms with Crippen LogP contribution < -0.4 is 5.73 Å². The topological polar surface area (TPSA) is 69.4 Å². The van der Waals surface area contributed by atoms with Crippen molar-refractivity contribution in [1.82, 2.24) is 0 Å². The Kier molecular flexibility index (Phi) is 4.44. The van der Waals surface area contributed by atoms with Crippen LogP contribution in [-0.4, -0.2) is 38.2 Å².